The van der Waals surface area contributed by atoms with Gasteiger partial charge in [0.25, 0.3) is 0 Å². The Morgan fingerprint density at radius 1 is 1.40 bits per heavy atom. The quantitative estimate of drug-likeness (QED) is 0.640. The van der Waals surface area contributed by atoms with Gasteiger partial charge in [0.05, 0.1) is 13.0 Å². The molecule has 1 unspecified atom stereocenters. The summed E-state index contributed by atoms with van der Waals surface area (Å²) in [5.41, 5.74) is 0. The minimum Gasteiger partial charge on any atom is -0.460 e. The van der Waals surface area contributed by atoms with Gasteiger partial charge in [-0.3, -0.25) is 4.79 Å². The number of cyclic esters (lactones) is 1. The van der Waals surface area contributed by atoms with Crippen molar-refractivity contribution < 1.29 is 14.0 Å². The number of ether oxygens (including phenoxy) is 1. The van der Waals surface area contributed by atoms with Crippen LogP contribution in [0.25, 0.3) is 0 Å². The lowest BCUT2D eigenvalue weighted by Crippen LogP contribution is -2.45. The molecule has 0 spiro atoms. The Morgan fingerprint density at radius 2 is 2.10 bits per heavy atom. The molecular formula is C15H29NO3Si. The summed E-state index contributed by atoms with van der Waals surface area (Å²) in [4.78, 5) is 11.6. The van der Waals surface area contributed by atoms with Crippen LogP contribution in [0.2, 0.25) is 18.1 Å². The van der Waals surface area contributed by atoms with E-state index in [2.05, 4.69) is 39.2 Å². The Hall–Kier alpha value is -0.393. The second kappa shape index (κ2) is 5.77. The Bertz CT molecular complexity index is 359. The molecule has 0 amide bonds. The summed E-state index contributed by atoms with van der Waals surface area (Å²) in [6, 6.07) is 0.425. The lowest BCUT2D eigenvalue weighted by atomic mass is 9.92. The van der Waals surface area contributed by atoms with E-state index in [-0.39, 0.29) is 23.0 Å². The second-order valence-electron chi connectivity index (χ2n) is 7.67. The van der Waals surface area contributed by atoms with Gasteiger partial charge in [0, 0.05) is 12.0 Å². The first-order chi connectivity index (χ1) is 9.21. The van der Waals surface area contributed by atoms with Crippen LogP contribution in [0.5, 0.6) is 0 Å². The van der Waals surface area contributed by atoms with Crippen LogP contribution < -0.4 is 5.32 Å². The lowest BCUT2D eigenvalue weighted by Gasteiger charge is -2.37. The number of hydrogen-bond donors (Lipinski definition) is 1. The predicted molar refractivity (Wildman–Crippen MR) is 82.2 cm³/mol. The summed E-state index contributed by atoms with van der Waals surface area (Å²) in [6.45, 7) is 12.8. The number of carbonyl (C=O) groups excluding carboxylic acids is 1. The predicted octanol–water partition coefficient (Wildman–Crippen LogP) is 2.69. The van der Waals surface area contributed by atoms with Crippen LogP contribution in [0, 0.1) is 5.92 Å². The van der Waals surface area contributed by atoms with Crippen LogP contribution in [0.15, 0.2) is 0 Å². The molecule has 2 saturated heterocycles. The molecule has 1 N–H and O–H groups in total. The lowest BCUT2D eigenvalue weighted by molar-refractivity contribution is -0.142. The van der Waals surface area contributed by atoms with Gasteiger partial charge in [-0.15, -0.1) is 0 Å². The number of hydrogen-bond acceptors (Lipinski definition) is 4. The van der Waals surface area contributed by atoms with E-state index < -0.39 is 8.32 Å². The second-order valence-corrected chi connectivity index (χ2v) is 12.5. The van der Waals surface area contributed by atoms with Crippen molar-refractivity contribution in [1.29, 1.82) is 0 Å². The fourth-order valence-electron chi connectivity index (χ4n) is 2.77. The molecule has 0 aromatic heterocycles. The minimum absolute atomic E-state index is 0.0625. The normalized spacial score (nSPS) is 31.6. The monoisotopic (exact) mass is 299 g/mol. The van der Waals surface area contributed by atoms with Crippen LogP contribution in [0.4, 0.5) is 0 Å². The van der Waals surface area contributed by atoms with Crippen LogP contribution >= 0.6 is 0 Å². The van der Waals surface area contributed by atoms with Crippen molar-refractivity contribution >= 4 is 14.3 Å². The highest BCUT2D eigenvalue weighted by Crippen LogP contribution is 2.38. The van der Waals surface area contributed by atoms with Gasteiger partial charge in [-0.05, 0) is 37.5 Å². The maximum atomic E-state index is 11.6. The van der Waals surface area contributed by atoms with E-state index in [0.29, 0.717) is 19.1 Å². The van der Waals surface area contributed by atoms with Crippen LogP contribution in [0.3, 0.4) is 0 Å². The van der Waals surface area contributed by atoms with Gasteiger partial charge in [-0.1, -0.05) is 20.8 Å². The smallest absolute Gasteiger partial charge is 0.306 e. The summed E-state index contributed by atoms with van der Waals surface area (Å²) in [5, 5.41) is 3.69. The van der Waals surface area contributed by atoms with Crippen molar-refractivity contribution in [3.63, 3.8) is 0 Å². The average molecular weight is 299 g/mol. The third-order valence-electron chi connectivity index (χ3n) is 5.19. The van der Waals surface area contributed by atoms with E-state index in [9.17, 15) is 4.79 Å². The molecule has 20 heavy (non-hydrogen) atoms. The van der Waals surface area contributed by atoms with Crippen molar-refractivity contribution in [2.75, 3.05) is 13.2 Å². The fraction of sp³-hybridized carbons (Fsp3) is 0.933. The first kappa shape index (κ1) is 16.0. The standard InChI is InChI=1S/C15H29NO3Si/c1-15(2,3)20(4,5)18-10-13-11(9-14(17)19-13)12-7-6-8-16-12/h11-13,16H,6-10H2,1-5H3/t11-,12?,13-/m1/s1. The molecule has 3 atom stereocenters. The Kier molecular flexibility index (Phi) is 4.62. The van der Waals surface area contributed by atoms with E-state index in [1.165, 1.54) is 6.42 Å². The number of carbonyl (C=O) groups is 1. The van der Waals surface area contributed by atoms with Crippen LogP contribution in [-0.4, -0.2) is 39.6 Å². The van der Waals surface area contributed by atoms with Gasteiger partial charge in [0.15, 0.2) is 8.32 Å². The molecule has 5 heteroatoms. The molecule has 2 heterocycles. The van der Waals surface area contributed by atoms with Crippen molar-refractivity contribution in [1.82, 2.24) is 5.32 Å². The molecular weight excluding hydrogens is 270 g/mol. The number of rotatable bonds is 4. The molecule has 0 aliphatic carbocycles. The minimum atomic E-state index is -1.78. The molecule has 2 rings (SSSR count). The molecule has 0 saturated carbocycles. The van der Waals surface area contributed by atoms with E-state index in [1.807, 2.05) is 0 Å². The summed E-state index contributed by atoms with van der Waals surface area (Å²) in [5.74, 6) is 0.224. The molecule has 0 aromatic rings. The Balaban J connectivity index is 1.95. The SMILES string of the molecule is CC(C)(C)[Si](C)(C)OC[C@H]1OC(=O)C[C@@H]1C1CCCN1. The molecule has 0 bridgehead atoms. The number of nitrogens with one attached hydrogen (secondary N) is 1. The van der Waals surface area contributed by atoms with Crippen molar-refractivity contribution in [3.05, 3.63) is 0 Å². The van der Waals surface area contributed by atoms with E-state index in [0.717, 1.165) is 13.0 Å². The zero-order valence-corrected chi connectivity index (χ0v) is 14.5. The molecule has 0 radical (unpaired) electrons. The molecule has 2 aliphatic heterocycles. The molecule has 2 fully saturated rings. The van der Waals surface area contributed by atoms with Crippen LogP contribution in [-0.2, 0) is 14.0 Å². The van der Waals surface area contributed by atoms with Gasteiger partial charge in [-0.2, -0.15) is 0 Å². The summed E-state index contributed by atoms with van der Waals surface area (Å²) in [7, 11) is -1.78. The first-order valence-electron chi connectivity index (χ1n) is 7.77. The number of esters is 1. The van der Waals surface area contributed by atoms with E-state index in [4.69, 9.17) is 9.16 Å². The third-order valence-corrected chi connectivity index (χ3v) is 9.69. The fourth-order valence-corrected chi connectivity index (χ4v) is 3.79. The maximum Gasteiger partial charge on any atom is 0.306 e. The van der Waals surface area contributed by atoms with Crippen molar-refractivity contribution in [2.24, 2.45) is 5.92 Å². The zero-order chi connectivity index (χ0) is 15.0. The third kappa shape index (κ3) is 3.43. The highest BCUT2D eigenvalue weighted by molar-refractivity contribution is 6.74. The Labute approximate surface area is 123 Å². The van der Waals surface area contributed by atoms with Gasteiger partial charge < -0.3 is 14.5 Å². The van der Waals surface area contributed by atoms with Gasteiger partial charge in [0.2, 0.25) is 0 Å². The van der Waals surface area contributed by atoms with Crippen molar-refractivity contribution in [2.45, 2.75) is 70.3 Å². The zero-order valence-electron chi connectivity index (χ0n) is 13.5. The highest BCUT2D eigenvalue weighted by Gasteiger charge is 2.43. The maximum absolute atomic E-state index is 11.6. The highest BCUT2D eigenvalue weighted by atomic mass is 28.4. The first-order valence-corrected chi connectivity index (χ1v) is 10.7. The summed E-state index contributed by atoms with van der Waals surface area (Å²) < 4.78 is 11.8. The Morgan fingerprint density at radius 3 is 2.65 bits per heavy atom. The van der Waals surface area contributed by atoms with E-state index in [1.54, 1.807) is 0 Å². The molecule has 4 nitrogen and oxygen atoms in total. The largest absolute Gasteiger partial charge is 0.460 e. The summed E-state index contributed by atoms with van der Waals surface area (Å²) in [6.07, 6.45) is 2.83. The van der Waals surface area contributed by atoms with Crippen molar-refractivity contribution in [3.8, 4) is 0 Å². The molecule has 0 aromatic carbocycles. The van der Waals surface area contributed by atoms with Crippen LogP contribution in [0.1, 0.15) is 40.0 Å². The molecule has 2 aliphatic rings. The summed E-state index contributed by atoms with van der Waals surface area (Å²) >= 11 is 0. The van der Waals surface area contributed by atoms with Gasteiger partial charge in [0.1, 0.15) is 6.10 Å². The van der Waals surface area contributed by atoms with E-state index >= 15 is 0 Å². The van der Waals surface area contributed by atoms with Gasteiger partial charge in [-0.25, -0.2) is 0 Å². The average Bonchev–Trinajstić information content (AvgIpc) is 2.93. The topological polar surface area (TPSA) is 47.6 Å². The van der Waals surface area contributed by atoms with Gasteiger partial charge >= 0.3 is 5.97 Å². The molecule has 116 valence electrons.